The average molecular weight is 437 g/mol. The summed E-state index contributed by atoms with van der Waals surface area (Å²) in [7, 11) is 1.31. The molecule has 1 aromatic heterocycles. The maximum Gasteiger partial charge on any atom is 0.357 e. The number of hydrogen-bond acceptors (Lipinski definition) is 5. The molecule has 3 aromatic carbocycles. The maximum absolute atomic E-state index is 13.2. The molecule has 4 aromatic rings. The lowest BCUT2D eigenvalue weighted by atomic mass is 10.1. The Morgan fingerprint density at radius 2 is 1.81 bits per heavy atom. The number of methoxy groups -OCH3 is 1. The zero-order valence-corrected chi connectivity index (χ0v) is 17.2. The van der Waals surface area contributed by atoms with E-state index in [0.717, 1.165) is 10.3 Å². The van der Waals surface area contributed by atoms with E-state index in [0.29, 0.717) is 26.4 Å². The molecule has 0 N–H and O–H groups in total. The van der Waals surface area contributed by atoms with Crippen LogP contribution in [0.4, 0.5) is 0 Å². The molecule has 0 bridgehead atoms. The van der Waals surface area contributed by atoms with Gasteiger partial charge in [-0.15, -0.1) is 4.73 Å². The van der Waals surface area contributed by atoms with Gasteiger partial charge >= 0.3 is 11.5 Å². The molecule has 0 aliphatic carbocycles. The van der Waals surface area contributed by atoms with Crippen molar-refractivity contribution in [3.63, 3.8) is 0 Å². The standard InChI is InChI=1S/C23H17ClN2O5/c1-30-23(28)16-11-9-15(10-12-16)14-31-26-20-8-3-2-7-19(20)25(29)21(22(26)27)17-5-4-6-18(24)13-17/h2-13H,14H2,1H3. The van der Waals surface area contributed by atoms with Gasteiger partial charge in [0.05, 0.1) is 18.2 Å². The molecule has 0 spiro atoms. The molecule has 0 saturated heterocycles. The largest absolute Gasteiger partial charge is 0.618 e. The van der Waals surface area contributed by atoms with Gasteiger partial charge in [-0.3, -0.25) is 4.79 Å². The summed E-state index contributed by atoms with van der Waals surface area (Å²) in [5.74, 6) is -0.441. The third-order valence-electron chi connectivity index (χ3n) is 4.74. The monoisotopic (exact) mass is 436 g/mol. The van der Waals surface area contributed by atoms with Crippen LogP contribution in [0, 0.1) is 5.21 Å². The van der Waals surface area contributed by atoms with Crippen molar-refractivity contribution in [2.24, 2.45) is 0 Å². The predicted molar refractivity (Wildman–Crippen MR) is 116 cm³/mol. The Balaban J connectivity index is 1.77. The van der Waals surface area contributed by atoms with E-state index in [4.69, 9.17) is 16.4 Å². The first kappa shape index (κ1) is 20.4. The quantitative estimate of drug-likeness (QED) is 0.272. The first-order valence-electron chi connectivity index (χ1n) is 9.33. The SMILES string of the molecule is COC(=O)c1ccc(COn2c(=O)c(-c3cccc(Cl)c3)[n+]([O-])c3ccccc32)cc1. The zero-order chi connectivity index (χ0) is 22.0. The Labute approximate surface area is 182 Å². The number of aromatic nitrogens is 2. The predicted octanol–water partition coefficient (Wildman–Crippen LogP) is 3.37. The summed E-state index contributed by atoms with van der Waals surface area (Å²) in [5, 5.41) is 13.4. The van der Waals surface area contributed by atoms with E-state index in [1.807, 2.05) is 0 Å². The molecular weight excluding hydrogens is 420 g/mol. The zero-order valence-electron chi connectivity index (χ0n) is 16.4. The number of halogens is 1. The molecule has 0 radical (unpaired) electrons. The summed E-state index contributed by atoms with van der Waals surface area (Å²) in [4.78, 5) is 30.6. The van der Waals surface area contributed by atoms with Crippen LogP contribution in [0.25, 0.3) is 22.3 Å². The molecular formula is C23H17ClN2O5. The van der Waals surface area contributed by atoms with Crippen LogP contribution in [0.15, 0.2) is 77.6 Å². The number of fused-ring (bicyclic) bond motifs is 1. The lowest BCUT2D eigenvalue weighted by Crippen LogP contribution is -2.42. The van der Waals surface area contributed by atoms with Crippen molar-refractivity contribution in [1.82, 2.24) is 4.73 Å². The van der Waals surface area contributed by atoms with Gasteiger partial charge in [-0.1, -0.05) is 41.9 Å². The Kier molecular flexibility index (Phi) is 5.60. The topological polar surface area (TPSA) is 84.5 Å². The molecule has 7 nitrogen and oxygen atoms in total. The highest BCUT2D eigenvalue weighted by molar-refractivity contribution is 6.30. The lowest BCUT2D eigenvalue weighted by Gasteiger charge is -2.14. The molecule has 0 atom stereocenters. The molecule has 1 heterocycles. The first-order chi connectivity index (χ1) is 15.0. The second-order valence-corrected chi connectivity index (χ2v) is 7.14. The third-order valence-corrected chi connectivity index (χ3v) is 4.98. The van der Waals surface area contributed by atoms with E-state index in [9.17, 15) is 14.8 Å². The summed E-state index contributed by atoms with van der Waals surface area (Å²) in [6.07, 6.45) is 0. The van der Waals surface area contributed by atoms with Crippen LogP contribution < -0.4 is 15.1 Å². The molecule has 31 heavy (non-hydrogen) atoms. The number of carbonyl (C=O) groups excluding carboxylic acids is 1. The molecule has 0 aliphatic rings. The van der Waals surface area contributed by atoms with Crippen LogP contribution in [0.5, 0.6) is 0 Å². The first-order valence-corrected chi connectivity index (χ1v) is 9.71. The van der Waals surface area contributed by atoms with Crippen LogP contribution >= 0.6 is 11.6 Å². The molecule has 0 saturated carbocycles. The van der Waals surface area contributed by atoms with Crippen LogP contribution in [0.2, 0.25) is 5.02 Å². The molecule has 0 amide bonds. The molecule has 0 fully saturated rings. The van der Waals surface area contributed by atoms with Crippen molar-refractivity contribution in [2.75, 3.05) is 7.11 Å². The van der Waals surface area contributed by atoms with Gasteiger partial charge in [0.2, 0.25) is 5.52 Å². The fourth-order valence-corrected chi connectivity index (χ4v) is 3.41. The van der Waals surface area contributed by atoms with Crippen molar-refractivity contribution in [2.45, 2.75) is 6.61 Å². The van der Waals surface area contributed by atoms with Gasteiger partial charge in [-0.05, 0) is 42.0 Å². The summed E-state index contributed by atoms with van der Waals surface area (Å²) in [6, 6.07) is 19.8. The van der Waals surface area contributed by atoms with Gasteiger partial charge in [-0.25, -0.2) is 4.79 Å². The minimum atomic E-state index is -0.609. The van der Waals surface area contributed by atoms with Gasteiger partial charge in [0.25, 0.3) is 5.69 Å². The van der Waals surface area contributed by atoms with E-state index < -0.39 is 11.5 Å². The summed E-state index contributed by atoms with van der Waals surface area (Å²) >= 11 is 6.06. The summed E-state index contributed by atoms with van der Waals surface area (Å²) < 4.78 is 6.38. The van der Waals surface area contributed by atoms with Crippen molar-refractivity contribution in [1.29, 1.82) is 0 Å². The number of esters is 1. The molecule has 0 unspecified atom stereocenters. The van der Waals surface area contributed by atoms with Gasteiger partial charge < -0.3 is 14.8 Å². The summed E-state index contributed by atoms with van der Waals surface area (Å²) in [6.45, 7) is 0.0449. The number of rotatable bonds is 5. The number of para-hydroxylation sites is 2. The second-order valence-electron chi connectivity index (χ2n) is 6.70. The van der Waals surface area contributed by atoms with Gasteiger partial charge in [0.15, 0.2) is 5.52 Å². The van der Waals surface area contributed by atoms with Crippen molar-refractivity contribution < 1.29 is 19.1 Å². The average Bonchev–Trinajstić information content (AvgIpc) is 2.79. The normalized spacial score (nSPS) is 10.8. The van der Waals surface area contributed by atoms with Crippen molar-refractivity contribution >= 4 is 28.6 Å². The molecule has 8 heteroatoms. The van der Waals surface area contributed by atoms with Crippen molar-refractivity contribution in [3.8, 4) is 11.3 Å². The number of hydrogen-bond donors (Lipinski definition) is 0. The van der Waals surface area contributed by atoms with E-state index in [2.05, 4.69) is 4.74 Å². The van der Waals surface area contributed by atoms with Crippen LogP contribution in [-0.4, -0.2) is 17.8 Å². The number of nitrogens with zero attached hydrogens (tertiary/aromatic N) is 2. The minimum Gasteiger partial charge on any atom is -0.618 e. The molecule has 156 valence electrons. The smallest absolute Gasteiger partial charge is 0.357 e. The van der Waals surface area contributed by atoms with E-state index >= 15 is 0 Å². The van der Waals surface area contributed by atoms with Crippen LogP contribution in [0.1, 0.15) is 15.9 Å². The Morgan fingerprint density at radius 3 is 2.52 bits per heavy atom. The number of carbonyl (C=O) groups is 1. The fourth-order valence-electron chi connectivity index (χ4n) is 3.22. The second kappa shape index (κ2) is 8.49. The Bertz CT molecular complexity index is 1330. The van der Waals surface area contributed by atoms with Crippen LogP contribution in [-0.2, 0) is 11.3 Å². The van der Waals surface area contributed by atoms with Gasteiger partial charge in [0, 0.05) is 11.1 Å². The highest BCUT2D eigenvalue weighted by Gasteiger charge is 2.23. The third kappa shape index (κ3) is 3.95. The fraction of sp³-hybridized carbons (Fsp3) is 0.0870. The highest BCUT2D eigenvalue weighted by Crippen LogP contribution is 2.19. The number of ether oxygens (including phenoxy) is 1. The van der Waals surface area contributed by atoms with Crippen molar-refractivity contribution in [3.05, 3.63) is 105 Å². The number of benzene rings is 3. The van der Waals surface area contributed by atoms with Crippen LogP contribution in [0.3, 0.4) is 0 Å². The molecule has 4 rings (SSSR count). The van der Waals surface area contributed by atoms with Gasteiger partial charge in [0.1, 0.15) is 6.61 Å². The Hall–Kier alpha value is -3.84. The van der Waals surface area contributed by atoms with E-state index in [1.165, 1.54) is 7.11 Å². The Morgan fingerprint density at radius 1 is 1.06 bits per heavy atom. The van der Waals surface area contributed by atoms with Gasteiger partial charge in [-0.2, -0.15) is 4.73 Å². The lowest BCUT2D eigenvalue weighted by molar-refractivity contribution is -0.566. The molecule has 0 aliphatic heterocycles. The maximum atomic E-state index is 13.2. The van der Waals surface area contributed by atoms with E-state index in [1.54, 1.807) is 72.8 Å². The highest BCUT2D eigenvalue weighted by atomic mass is 35.5. The van der Waals surface area contributed by atoms with E-state index in [-0.39, 0.29) is 17.8 Å². The summed E-state index contributed by atoms with van der Waals surface area (Å²) in [5.41, 5.74) is 1.43. The minimum absolute atomic E-state index is 0.0449.